The quantitative estimate of drug-likeness (QED) is 0.545. The molecule has 0 fully saturated rings. The lowest BCUT2D eigenvalue weighted by atomic mass is 10.2. The second kappa shape index (κ2) is 7.79. The monoisotopic (exact) mass is 295 g/mol. The maximum absolute atomic E-state index is 5.17. The van der Waals surface area contributed by atoms with Gasteiger partial charge in [-0.05, 0) is 23.9 Å². The Kier molecular flexibility index (Phi) is 7.58. The van der Waals surface area contributed by atoms with Crippen molar-refractivity contribution in [1.29, 1.82) is 0 Å². The summed E-state index contributed by atoms with van der Waals surface area (Å²) in [6.07, 6.45) is 0. The molecule has 0 radical (unpaired) electrons. The maximum Gasteiger partial charge on any atom is 0.266 e. The Hall–Kier alpha value is -0.460. The van der Waals surface area contributed by atoms with E-state index in [0.717, 1.165) is 34.6 Å². The van der Waals surface area contributed by atoms with Gasteiger partial charge in [-0.1, -0.05) is 0 Å². The summed E-state index contributed by atoms with van der Waals surface area (Å²) < 4.78 is 5.17. The highest BCUT2D eigenvalue weighted by Crippen LogP contribution is 2.29. The van der Waals surface area contributed by atoms with Crippen LogP contribution in [-0.4, -0.2) is 24.6 Å². The smallest absolute Gasteiger partial charge is 0.266 e. The zero-order valence-electron chi connectivity index (χ0n) is 9.45. The van der Waals surface area contributed by atoms with Gasteiger partial charge in [-0.25, -0.2) is 0 Å². The molecule has 0 aromatic heterocycles. The van der Waals surface area contributed by atoms with Crippen molar-refractivity contribution in [2.75, 3.05) is 19.4 Å². The minimum Gasteiger partial charge on any atom is -1.00 e. The Morgan fingerprint density at radius 2 is 2.18 bits per heavy atom. The standard InChI is InChI=1S/C10H13N3OS.2ClH/c1-14-7-2-3-8-9(6-7)13-10(12-8)15-5-4-11;;/h2-3,6H,4-5,11H2,1H3,(H,12,13);2*1H. The largest absolute Gasteiger partial charge is 1.00 e. The third-order valence-electron chi connectivity index (χ3n) is 2.14. The molecule has 1 heterocycles. The maximum atomic E-state index is 5.17. The van der Waals surface area contributed by atoms with E-state index in [-0.39, 0.29) is 24.8 Å². The van der Waals surface area contributed by atoms with Crippen molar-refractivity contribution in [1.82, 2.24) is 0 Å². The van der Waals surface area contributed by atoms with Crippen molar-refractivity contribution in [3.05, 3.63) is 18.2 Å². The third kappa shape index (κ3) is 4.04. The van der Waals surface area contributed by atoms with E-state index in [1.807, 2.05) is 18.2 Å². The number of nitrogens with two attached hydrogens (primary N) is 1. The number of ether oxygens (including phenoxy) is 1. The molecular formula is C10H15Cl2N3OS. The molecule has 0 unspecified atom stereocenters. The number of thioether (sulfide) groups is 1. The van der Waals surface area contributed by atoms with E-state index in [1.54, 1.807) is 18.9 Å². The van der Waals surface area contributed by atoms with E-state index in [2.05, 4.69) is 16.0 Å². The van der Waals surface area contributed by atoms with Crippen LogP contribution in [0.1, 0.15) is 0 Å². The molecular weight excluding hydrogens is 281 g/mol. The number of nitrogens with zero attached hydrogens (tertiary/aromatic N) is 1. The molecule has 1 aliphatic rings. The number of fused-ring (bicyclic) bond motifs is 1. The fourth-order valence-electron chi connectivity index (χ4n) is 1.41. The van der Waals surface area contributed by atoms with Gasteiger partial charge in [0.15, 0.2) is 5.69 Å². The van der Waals surface area contributed by atoms with Crippen molar-refractivity contribution in [2.24, 2.45) is 4.99 Å². The minimum absolute atomic E-state index is 0. The van der Waals surface area contributed by atoms with Gasteiger partial charge in [0, 0.05) is 6.07 Å². The van der Waals surface area contributed by atoms with Crippen molar-refractivity contribution in [3.8, 4) is 5.75 Å². The predicted octanol–water partition coefficient (Wildman–Crippen LogP) is -6.13. The molecule has 0 aliphatic carbocycles. The van der Waals surface area contributed by atoms with Gasteiger partial charge in [0.1, 0.15) is 11.4 Å². The molecule has 0 saturated carbocycles. The zero-order valence-corrected chi connectivity index (χ0v) is 11.8. The lowest BCUT2D eigenvalue weighted by molar-refractivity contribution is -0.432. The van der Waals surface area contributed by atoms with Crippen LogP contribution in [-0.2, 0) is 0 Å². The summed E-state index contributed by atoms with van der Waals surface area (Å²) in [6.45, 7) is 0.928. The van der Waals surface area contributed by atoms with Crippen LogP contribution in [0.4, 0.5) is 11.4 Å². The molecule has 2 rings (SSSR count). The Balaban J connectivity index is 0.00000128. The molecule has 5 N–H and O–H groups in total. The number of hydrogen-bond acceptors (Lipinski definition) is 3. The minimum atomic E-state index is 0. The van der Waals surface area contributed by atoms with Gasteiger partial charge in [-0.3, -0.25) is 5.32 Å². The molecule has 0 saturated heterocycles. The number of quaternary nitrogens is 2. The number of methoxy groups -OCH3 is 1. The predicted molar refractivity (Wildman–Crippen MR) is 61.9 cm³/mol. The lowest BCUT2D eigenvalue weighted by Crippen LogP contribution is -3.00. The van der Waals surface area contributed by atoms with Crippen LogP contribution in [0, 0.1) is 0 Å². The second-order valence-electron chi connectivity index (χ2n) is 3.22. The first-order chi connectivity index (χ1) is 7.33. The number of hydrogen-bond donors (Lipinski definition) is 2. The van der Waals surface area contributed by atoms with Crippen LogP contribution in [0.2, 0.25) is 0 Å². The molecule has 96 valence electrons. The van der Waals surface area contributed by atoms with Crippen LogP contribution in [0.15, 0.2) is 23.2 Å². The number of aliphatic imine (C=N–C) groups is 1. The molecule has 1 aromatic carbocycles. The van der Waals surface area contributed by atoms with Crippen LogP contribution >= 0.6 is 11.8 Å². The molecule has 0 atom stereocenters. The van der Waals surface area contributed by atoms with Gasteiger partial charge in [0.25, 0.3) is 5.17 Å². The van der Waals surface area contributed by atoms with Crippen LogP contribution in [0.5, 0.6) is 5.75 Å². The van der Waals surface area contributed by atoms with E-state index in [9.17, 15) is 0 Å². The molecule has 0 bridgehead atoms. The van der Waals surface area contributed by atoms with E-state index in [1.165, 1.54) is 0 Å². The molecule has 1 aliphatic heterocycles. The van der Waals surface area contributed by atoms with E-state index in [4.69, 9.17) is 4.74 Å². The summed E-state index contributed by atoms with van der Waals surface area (Å²) in [5, 5.41) is 3.17. The van der Waals surface area contributed by atoms with E-state index >= 15 is 0 Å². The Bertz CT molecular complexity index is 401. The summed E-state index contributed by atoms with van der Waals surface area (Å²) in [6, 6.07) is 5.93. The number of rotatable bonds is 3. The van der Waals surface area contributed by atoms with E-state index in [0.29, 0.717) is 0 Å². The normalized spacial score (nSPS) is 12.0. The zero-order chi connectivity index (χ0) is 10.7. The highest BCUT2D eigenvalue weighted by molar-refractivity contribution is 8.13. The first-order valence-corrected chi connectivity index (χ1v) is 5.85. The number of benzene rings is 1. The molecule has 4 nitrogen and oxygen atoms in total. The van der Waals surface area contributed by atoms with Crippen LogP contribution in [0.3, 0.4) is 0 Å². The van der Waals surface area contributed by atoms with Crippen LogP contribution in [0.25, 0.3) is 0 Å². The summed E-state index contributed by atoms with van der Waals surface area (Å²) >= 11 is 1.75. The molecule has 0 amide bonds. The number of halogens is 2. The highest BCUT2D eigenvalue weighted by Gasteiger charge is 2.20. The Morgan fingerprint density at radius 3 is 2.82 bits per heavy atom. The third-order valence-corrected chi connectivity index (χ3v) is 3.14. The first-order valence-electron chi connectivity index (χ1n) is 4.87. The fourth-order valence-corrected chi connectivity index (χ4v) is 2.14. The van der Waals surface area contributed by atoms with Gasteiger partial charge in [-0.2, -0.15) is 4.99 Å². The summed E-state index contributed by atoms with van der Waals surface area (Å²) in [4.78, 5) is 4.51. The molecule has 1 aromatic rings. The fraction of sp³-hybridized carbons (Fsp3) is 0.300. The average molecular weight is 296 g/mol. The Labute approximate surface area is 117 Å². The SMILES string of the molecule is COc1ccc2c(c1)[NH2+]C(SCC[NH3+])=N2.[Cl-].[Cl-]. The number of amidine groups is 1. The van der Waals surface area contributed by atoms with Crippen molar-refractivity contribution in [3.63, 3.8) is 0 Å². The van der Waals surface area contributed by atoms with Gasteiger partial charge in [0.05, 0.1) is 19.4 Å². The van der Waals surface area contributed by atoms with Gasteiger partial charge < -0.3 is 35.3 Å². The first kappa shape index (κ1) is 16.5. The van der Waals surface area contributed by atoms with Gasteiger partial charge in [-0.15, -0.1) is 0 Å². The summed E-state index contributed by atoms with van der Waals surface area (Å²) in [5.74, 6) is 1.89. The molecule has 17 heavy (non-hydrogen) atoms. The van der Waals surface area contributed by atoms with Crippen molar-refractivity contribution in [2.45, 2.75) is 0 Å². The Morgan fingerprint density at radius 1 is 1.41 bits per heavy atom. The topological polar surface area (TPSA) is 65.8 Å². The van der Waals surface area contributed by atoms with Gasteiger partial charge in [0.2, 0.25) is 0 Å². The molecule has 0 spiro atoms. The summed E-state index contributed by atoms with van der Waals surface area (Å²) in [7, 11) is 1.68. The van der Waals surface area contributed by atoms with E-state index < -0.39 is 0 Å². The molecule has 7 heteroatoms. The average Bonchev–Trinajstić information content (AvgIpc) is 2.67. The van der Waals surface area contributed by atoms with Gasteiger partial charge >= 0.3 is 0 Å². The van der Waals surface area contributed by atoms with Crippen molar-refractivity contribution < 1.29 is 40.6 Å². The second-order valence-corrected chi connectivity index (χ2v) is 4.34. The van der Waals surface area contributed by atoms with Crippen LogP contribution < -0.4 is 40.6 Å². The van der Waals surface area contributed by atoms with Crippen molar-refractivity contribution >= 4 is 28.3 Å². The summed E-state index contributed by atoms with van der Waals surface area (Å²) in [5.41, 5.74) is 5.98. The highest BCUT2D eigenvalue weighted by atomic mass is 35.5. The lowest BCUT2D eigenvalue weighted by Gasteiger charge is -1.99.